The van der Waals surface area contributed by atoms with Gasteiger partial charge in [-0.1, -0.05) is 19.4 Å². The van der Waals surface area contributed by atoms with Crippen LogP contribution in [0.3, 0.4) is 0 Å². The number of morpholine rings is 1. The normalized spacial score (nSPS) is 14.0. The Bertz CT molecular complexity index is 898. The fraction of sp³-hybridized carbons (Fsp3) is 0.350. The number of halogens is 1. The average Bonchev–Trinajstić information content (AvgIpc) is 2.69. The number of ether oxygens (including phenoxy) is 1. The number of nitrogens with one attached hydrogen (secondary N) is 1. The van der Waals surface area contributed by atoms with Gasteiger partial charge in [-0.3, -0.25) is 4.98 Å². The number of hydrogen-bond acceptors (Lipinski definition) is 6. The highest BCUT2D eigenvalue weighted by molar-refractivity contribution is 5.85. The van der Waals surface area contributed by atoms with Crippen molar-refractivity contribution in [3.05, 3.63) is 48.3 Å². The van der Waals surface area contributed by atoms with Gasteiger partial charge < -0.3 is 15.0 Å². The Morgan fingerprint density at radius 1 is 1.11 bits per heavy atom. The number of pyridine rings is 1. The van der Waals surface area contributed by atoms with Gasteiger partial charge >= 0.3 is 0 Å². The van der Waals surface area contributed by atoms with Crippen molar-refractivity contribution in [3.8, 4) is 0 Å². The van der Waals surface area contributed by atoms with E-state index in [-0.39, 0.29) is 12.4 Å². The van der Waals surface area contributed by atoms with Gasteiger partial charge in [0, 0.05) is 42.1 Å². The maximum absolute atomic E-state index is 5.46. The molecule has 1 aromatic carbocycles. The van der Waals surface area contributed by atoms with Crippen LogP contribution in [0.2, 0.25) is 0 Å². The van der Waals surface area contributed by atoms with Gasteiger partial charge in [0.15, 0.2) is 0 Å². The summed E-state index contributed by atoms with van der Waals surface area (Å²) < 4.78 is 5.46. The third kappa shape index (κ3) is 4.64. The summed E-state index contributed by atoms with van der Waals surface area (Å²) in [7, 11) is 0. The molecular formula is C20H24ClN5O. The third-order valence-corrected chi connectivity index (χ3v) is 4.47. The third-order valence-electron chi connectivity index (χ3n) is 4.47. The van der Waals surface area contributed by atoms with E-state index in [2.05, 4.69) is 40.3 Å². The van der Waals surface area contributed by atoms with Gasteiger partial charge in [-0.15, -0.1) is 12.4 Å². The van der Waals surface area contributed by atoms with Crippen molar-refractivity contribution in [1.29, 1.82) is 0 Å². The number of rotatable bonds is 5. The lowest BCUT2D eigenvalue weighted by molar-refractivity contribution is 0.122. The topological polar surface area (TPSA) is 63.2 Å². The number of aryl methyl sites for hydroxylation is 1. The molecule has 7 heteroatoms. The minimum absolute atomic E-state index is 0. The maximum Gasteiger partial charge on any atom is 0.229 e. The van der Waals surface area contributed by atoms with E-state index in [1.807, 2.05) is 18.2 Å². The zero-order chi connectivity index (χ0) is 17.8. The molecule has 27 heavy (non-hydrogen) atoms. The first-order valence-electron chi connectivity index (χ1n) is 9.14. The van der Waals surface area contributed by atoms with Crippen molar-refractivity contribution in [2.24, 2.45) is 0 Å². The lowest BCUT2D eigenvalue weighted by Gasteiger charge is -2.28. The first kappa shape index (κ1) is 19.3. The van der Waals surface area contributed by atoms with Gasteiger partial charge in [-0.2, -0.15) is 4.98 Å². The minimum Gasteiger partial charge on any atom is -0.378 e. The van der Waals surface area contributed by atoms with Crippen molar-refractivity contribution in [2.45, 2.75) is 19.8 Å². The number of hydrogen-bond donors (Lipinski definition) is 1. The second kappa shape index (κ2) is 8.97. The molecule has 0 saturated carbocycles. The van der Waals surface area contributed by atoms with E-state index < -0.39 is 0 Å². The van der Waals surface area contributed by atoms with Gasteiger partial charge in [0.1, 0.15) is 5.82 Å². The monoisotopic (exact) mass is 385 g/mol. The Balaban J connectivity index is 0.00000210. The second-order valence-corrected chi connectivity index (χ2v) is 6.43. The fourth-order valence-corrected chi connectivity index (χ4v) is 3.16. The number of aromatic nitrogens is 3. The summed E-state index contributed by atoms with van der Waals surface area (Å²) in [6, 6.07) is 12.2. The number of fused-ring (bicyclic) bond motifs is 1. The van der Waals surface area contributed by atoms with Gasteiger partial charge in [0.25, 0.3) is 0 Å². The van der Waals surface area contributed by atoms with Crippen LogP contribution in [0.15, 0.2) is 42.6 Å². The molecular weight excluding hydrogens is 362 g/mol. The number of anilines is 3. The van der Waals surface area contributed by atoms with Gasteiger partial charge in [0.2, 0.25) is 5.95 Å². The minimum atomic E-state index is 0. The van der Waals surface area contributed by atoms with E-state index in [1.54, 1.807) is 6.20 Å². The Kier molecular flexibility index (Phi) is 6.42. The van der Waals surface area contributed by atoms with E-state index in [1.165, 1.54) is 0 Å². The van der Waals surface area contributed by atoms with Crippen LogP contribution in [0.4, 0.5) is 17.5 Å². The summed E-state index contributed by atoms with van der Waals surface area (Å²) in [6.07, 6.45) is 3.80. The van der Waals surface area contributed by atoms with Crippen LogP contribution >= 0.6 is 12.4 Å². The zero-order valence-corrected chi connectivity index (χ0v) is 16.2. The Labute approximate surface area is 165 Å². The highest BCUT2D eigenvalue weighted by Gasteiger charge is 2.15. The van der Waals surface area contributed by atoms with Gasteiger partial charge in [-0.05, 0) is 30.7 Å². The van der Waals surface area contributed by atoms with E-state index >= 15 is 0 Å². The standard InChI is InChI=1S/C20H23N5O.ClH/c1-2-4-16-14-19(25-9-11-26-12-10-25)24-20(22-16)23-17-6-7-18-15(13-17)5-3-8-21-18;/h3,5-8,13-14H,2,4,9-12H2,1H3,(H,22,23,24);1H. The molecule has 0 atom stereocenters. The highest BCUT2D eigenvalue weighted by atomic mass is 35.5. The smallest absolute Gasteiger partial charge is 0.229 e. The van der Waals surface area contributed by atoms with Crippen molar-refractivity contribution >= 4 is 40.8 Å². The molecule has 2 aromatic heterocycles. The summed E-state index contributed by atoms with van der Waals surface area (Å²) in [5.41, 5.74) is 3.01. The predicted octanol–water partition coefficient (Wildman–Crippen LogP) is 3.98. The fourth-order valence-electron chi connectivity index (χ4n) is 3.16. The van der Waals surface area contributed by atoms with Gasteiger partial charge in [0.05, 0.1) is 18.7 Å². The largest absolute Gasteiger partial charge is 0.378 e. The molecule has 4 rings (SSSR count). The molecule has 142 valence electrons. The van der Waals surface area contributed by atoms with Crippen LogP contribution in [0.5, 0.6) is 0 Å². The van der Waals surface area contributed by atoms with Crippen molar-refractivity contribution in [2.75, 3.05) is 36.5 Å². The lowest BCUT2D eigenvalue weighted by atomic mass is 10.2. The summed E-state index contributed by atoms with van der Waals surface area (Å²) in [6.45, 7) is 5.38. The molecule has 1 saturated heterocycles. The Morgan fingerprint density at radius 2 is 1.96 bits per heavy atom. The molecule has 0 radical (unpaired) electrons. The molecule has 1 N–H and O–H groups in total. The van der Waals surface area contributed by atoms with Crippen LogP contribution in [0.1, 0.15) is 19.0 Å². The Morgan fingerprint density at radius 3 is 2.78 bits per heavy atom. The molecule has 0 unspecified atom stereocenters. The molecule has 0 bridgehead atoms. The number of nitrogens with zero attached hydrogens (tertiary/aromatic N) is 4. The second-order valence-electron chi connectivity index (χ2n) is 6.43. The van der Waals surface area contributed by atoms with E-state index in [0.29, 0.717) is 5.95 Å². The van der Waals surface area contributed by atoms with E-state index in [9.17, 15) is 0 Å². The first-order chi connectivity index (χ1) is 12.8. The van der Waals surface area contributed by atoms with Crippen molar-refractivity contribution in [1.82, 2.24) is 15.0 Å². The summed E-state index contributed by atoms with van der Waals surface area (Å²) in [4.78, 5) is 16.1. The Hall–Kier alpha value is -2.44. The SMILES string of the molecule is CCCc1cc(N2CCOCC2)nc(Nc2ccc3ncccc3c2)n1.Cl. The summed E-state index contributed by atoms with van der Waals surface area (Å²) in [5.74, 6) is 1.61. The molecule has 1 aliphatic heterocycles. The maximum atomic E-state index is 5.46. The predicted molar refractivity (Wildman–Crippen MR) is 111 cm³/mol. The van der Waals surface area contributed by atoms with E-state index in [4.69, 9.17) is 14.7 Å². The highest BCUT2D eigenvalue weighted by Crippen LogP contribution is 2.22. The van der Waals surface area contributed by atoms with Crippen LogP contribution in [0.25, 0.3) is 10.9 Å². The van der Waals surface area contributed by atoms with Crippen LogP contribution in [-0.2, 0) is 11.2 Å². The molecule has 0 spiro atoms. The quantitative estimate of drug-likeness (QED) is 0.716. The summed E-state index contributed by atoms with van der Waals surface area (Å²) in [5, 5.41) is 4.46. The van der Waals surface area contributed by atoms with Crippen molar-refractivity contribution < 1.29 is 4.74 Å². The molecule has 3 aromatic rings. The first-order valence-corrected chi connectivity index (χ1v) is 9.14. The van der Waals surface area contributed by atoms with Gasteiger partial charge in [-0.25, -0.2) is 4.98 Å². The van der Waals surface area contributed by atoms with E-state index in [0.717, 1.165) is 67.2 Å². The van der Waals surface area contributed by atoms with Crippen LogP contribution in [0, 0.1) is 0 Å². The average molecular weight is 386 g/mol. The summed E-state index contributed by atoms with van der Waals surface area (Å²) >= 11 is 0. The molecule has 1 fully saturated rings. The molecule has 0 amide bonds. The molecule has 3 heterocycles. The molecule has 6 nitrogen and oxygen atoms in total. The molecule has 0 aliphatic carbocycles. The zero-order valence-electron chi connectivity index (χ0n) is 15.4. The lowest BCUT2D eigenvalue weighted by Crippen LogP contribution is -2.37. The van der Waals surface area contributed by atoms with Crippen LogP contribution in [-0.4, -0.2) is 41.3 Å². The van der Waals surface area contributed by atoms with Crippen molar-refractivity contribution in [3.63, 3.8) is 0 Å². The number of benzene rings is 1. The van der Waals surface area contributed by atoms with Crippen LogP contribution < -0.4 is 10.2 Å². The molecule has 1 aliphatic rings.